The Balaban J connectivity index is 1.57. The molecule has 144 valence electrons. The van der Waals surface area contributed by atoms with Gasteiger partial charge in [-0.25, -0.2) is 4.39 Å². The zero-order valence-electron chi connectivity index (χ0n) is 15.4. The van der Waals surface area contributed by atoms with Crippen LogP contribution in [-0.2, 0) is 11.3 Å². The summed E-state index contributed by atoms with van der Waals surface area (Å²) in [7, 11) is 0. The lowest BCUT2D eigenvalue weighted by Gasteiger charge is -2.06. The molecule has 1 aromatic heterocycles. The number of aromatic nitrogens is 1. The standard InChI is InChI=1S/C21H20FN3O3/c1-2-5-20(26)24-15-10-8-14(9-11-15)13-23-21(27)18-12-19(28-25-18)16-6-3-4-7-17(16)22/h3-4,6-12H,2,5,13H2,1H3,(H,23,27)(H,24,26). The van der Waals surface area contributed by atoms with E-state index in [9.17, 15) is 14.0 Å². The Labute approximate surface area is 161 Å². The molecule has 1 heterocycles. The SMILES string of the molecule is CCCC(=O)Nc1ccc(CNC(=O)c2cc(-c3ccccc3F)on2)cc1. The Morgan fingerprint density at radius 3 is 2.57 bits per heavy atom. The summed E-state index contributed by atoms with van der Waals surface area (Å²) in [5.74, 6) is -0.709. The highest BCUT2D eigenvalue weighted by Crippen LogP contribution is 2.23. The average Bonchev–Trinajstić information content (AvgIpc) is 3.18. The molecule has 0 radical (unpaired) electrons. The van der Waals surface area contributed by atoms with Gasteiger partial charge >= 0.3 is 0 Å². The summed E-state index contributed by atoms with van der Waals surface area (Å²) in [4.78, 5) is 23.8. The van der Waals surface area contributed by atoms with Crippen LogP contribution < -0.4 is 10.6 Å². The first-order valence-corrected chi connectivity index (χ1v) is 8.95. The van der Waals surface area contributed by atoms with E-state index in [0.717, 1.165) is 12.0 Å². The van der Waals surface area contributed by atoms with Crippen molar-refractivity contribution in [2.75, 3.05) is 5.32 Å². The highest BCUT2D eigenvalue weighted by Gasteiger charge is 2.15. The summed E-state index contributed by atoms with van der Waals surface area (Å²) in [5.41, 5.74) is 1.88. The predicted octanol–water partition coefficient (Wildman–Crippen LogP) is 4.15. The number of hydrogen-bond donors (Lipinski definition) is 2. The highest BCUT2D eigenvalue weighted by atomic mass is 19.1. The lowest BCUT2D eigenvalue weighted by atomic mass is 10.1. The van der Waals surface area contributed by atoms with Gasteiger partial charge in [-0.1, -0.05) is 36.3 Å². The highest BCUT2D eigenvalue weighted by molar-refractivity contribution is 5.93. The van der Waals surface area contributed by atoms with Gasteiger partial charge in [0.05, 0.1) is 5.56 Å². The van der Waals surface area contributed by atoms with E-state index in [2.05, 4.69) is 15.8 Å². The molecule has 0 aliphatic heterocycles. The normalized spacial score (nSPS) is 10.5. The molecule has 0 spiro atoms. The number of amides is 2. The van der Waals surface area contributed by atoms with E-state index in [0.29, 0.717) is 12.1 Å². The number of benzene rings is 2. The third kappa shape index (κ3) is 4.82. The van der Waals surface area contributed by atoms with Crippen molar-refractivity contribution in [1.82, 2.24) is 10.5 Å². The summed E-state index contributed by atoms with van der Waals surface area (Å²) in [5, 5.41) is 9.25. The number of hydrogen-bond acceptors (Lipinski definition) is 4. The minimum Gasteiger partial charge on any atom is -0.355 e. The largest absolute Gasteiger partial charge is 0.355 e. The Morgan fingerprint density at radius 1 is 1.11 bits per heavy atom. The number of carbonyl (C=O) groups is 2. The first-order chi connectivity index (χ1) is 13.6. The smallest absolute Gasteiger partial charge is 0.273 e. The minimum atomic E-state index is -0.447. The molecule has 0 atom stereocenters. The number of nitrogens with zero attached hydrogens (tertiary/aromatic N) is 1. The zero-order chi connectivity index (χ0) is 19.9. The van der Waals surface area contributed by atoms with E-state index in [-0.39, 0.29) is 29.5 Å². The molecule has 0 saturated heterocycles. The van der Waals surface area contributed by atoms with Crippen LogP contribution in [0.1, 0.15) is 35.8 Å². The molecule has 0 fully saturated rings. The van der Waals surface area contributed by atoms with E-state index >= 15 is 0 Å². The molecule has 2 N–H and O–H groups in total. The lowest BCUT2D eigenvalue weighted by molar-refractivity contribution is -0.116. The summed E-state index contributed by atoms with van der Waals surface area (Å²) in [6.07, 6.45) is 1.26. The van der Waals surface area contributed by atoms with Crippen molar-refractivity contribution < 1.29 is 18.5 Å². The van der Waals surface area contributed by atoms with E-state index in [1.165, 1.54) is 12.1 Å². The maximum Gasteiger partial charge on any atom is 0.273 e. The third-order valence-corrected chi connectivity index (χ3v) is 4.05. The number of anilines is 1. The van der Waals surface area contributed by atoms with Crippen molar-refractivity contribution in [2.45, 2.75) is 26.3 Å². The van der Waals surface area contributed by atoms with Crippen molar-refractivity contribution in [3.8, 4) is 11.3 Å². The molecule has 7 heteroatoms. The zero-order valence-corrected chi connectivity index (χ0v) is 15.4. The van der Waals surface area contributed by atoms with Gasteiger partial charge in [-0.05, 0) is 36.2 Å². The summed E-state index contributed by atoms with van der Waals surface area (Å²) >= 11 is 0. The Hall–Kier alpha value is -3.48. The van der Waals surface area contributed by atoms with Crippen LogP contribution >= 0.6 is 0 Å². The summed E-state index contributed by atoms with van der Waals surface area (Å²) < 4.78 is 18.9. The van der Waals surface area contributed by atoms with Crippen molar-refractivity contribution in [3.63, 3.8) is 0 Å². The minimum absolute atomic E-state index is 0.0276. The van der Waals surface area contributed by atoms with Gasteiger partial charge in [-0.3, -0.25) is 9.59 Å². The summed E-state index contributed by atoms with van der Waals surface area (Å²) in [6, 6.07) is 14.7. The fourth-order valence-electron chi connectivity index (χ4n) is 2.60. The molecule has 0 saturated carbocycles. The van der Waals surface area contributed by atoms with Gasteiger partial charge in [0.2, 0.25) is 5.91 Å². The molecule has 0 bridgehead atoms. The van der Waals surface area contributed by atoms with Crippen LogP contribution in [0.4, 0.5) is 10.1 Å². The van der Waals surface area contributed by atoms with Gasteiger partial charge in [0.1, 0.15) is 5.82 Å². The van der Waals surface area contributed by atoms with E-state index in [4.69, 9.17) is 4.52 Å². The Bertz CT molecular complexity index is 967. The van der Waals surface area contributed by atoms with Crippen LogP contribution in [0.5, 0.6) is 0 Å². The van der Waals surface area contributed by atoms with Crippen LogP contribution in [0.2, 0.25) is 0 Å². The molecule has 28 heavy (non-hydrogen) atoms. The van der Waals surface area contributed by atoms with Gasteiger partial charge in [0.15, 0.2) is 11.5 Å². The molecule has 2 amide bonds. The second kappa shape index (κ2) is 8.94. The summed E-state index contributed by atoms with van der Waals surface area (Å²) in [6.45, 7) is 2.23. The Kier molecular flexibility index (Phi) is 6.16. The first kappa shape index (κ1) is 19.3. The second-order valence-corrected chi connectivity index (χ2v) is 6.23. The lowest BCUT2D eigenvalue weighted by Crippen LogP contribution is -2.23. The van der Waals surface area contributed by atoms with E-state index in [1.807, 2.05) is 19.1 Å². The van der Waals surface area contributed by atoms with Gasteiger partial charge in [-0.15, -0.1) is 0 Å². The quantitative estimate of drug-likeness (QED) is 0.644. The van der Waals surface area contributed by atoms with E-state index in [1.54, 1.807) is 30.3 Å². The van der Waals surface area contributed by atoms with Gasteiger partial charge in [0, 0.05) is 24.7 Å². The van der Waals surface area contributed by atoms with Gasteiger partial charge in [0.25, 0.3) is 5.91 Å². The monoisotopic (exact) mass is 381 g/mol. The van der Waals surface area contributed by atoms with Crippen molar-refractivity contribution in [3.05, 3.63) is 71.7 Å². The molecule has 3 rings (SSSR count). The van der Waals surface area contributed by atoms with Crippen molar-refractivity contribution >= 4 is 17.5 Å². The van der Waals surface area contributed by atoms with Crippen LogP contribution in [0.15, 0.2) is 59.1 Å². The van der Waals surface area contributed by atoms with Crippen LogP contribution in [0.3, 0.4) is 0 Å². The molecular weight excluding hydrogens is 361 g/mol. The maximum atomic E-state index is 13.8. The number of rotatable bonds is 7. The topological polar surface area (TPSA) is 84.2 Å². The average molecular weight is 381 g/mol. The predicted molar refractivity (Wildman–Crippen MR) is 103 cm³/mol. The maximum absolute atomic E-state index is 13.8. The number of nitrogens with one attached hydrogen (secondary N) is 2. The number of carbonyl (C=O) groups excluding carboxylic acids is 2. The molecule has 0 unspecified atom stereocenters. The third-order valence-electron chi connectivity index (χ3n) is 4.05. The molecule has 0 aliphatic rings. The molecule has 3 aromatic rings. The van der Waals surface area contributed by atoms with Crippen molar-refractivity contribution in [2.24, 2.45) is 0 Å². The molecule has 0 aliphatic carbocycles. The van der Waals surface area contributed by atoms with Crippen LogP contribution in [0, 0.1) is 5.82 Å². The second-order valence-electron chi connectivity index (χ2n) is 6.23. The fourth-order valence-corrected chi connectivity index (χ4v) is 2.60. The van der Waals surface area contributed by atoms with Gasteiger partial charge in [-0.2, -0.15) is 0 Å². The fraction of sp³-hybridized carbons (Fsp3) is 0.190. The Morgan fingerprint density at radius 2 is 1.86 bits per heavy atom. The molecular formula is C21H20FN3O3. The van der Waals surface area contributed by atoms with Crippen LogP contribution in [0.25, 0.3) is 11.3 Å². The number of halogens is 1. The van der Waals surface area contributed by atoms with Crippen molar-refractivity contribution in [1.29, 1.82) is 0 Å². The molecule has 6 nitrogen and oxygen atoms in total. The van der Waals surface area contributed by atoms with Crippen LogP contribution in [-0.4, -0.2) is 17.0 Å². The first-order valence-electron chi connectivity index (χ1n) is 8.95. The van der Waals surface area contributed by atoms with E-state index < -0.39 is 11.7 Å². The molecule has 2 aromatic carbocycles. The van der Waals surface area contributed by atoms with Gasteiger partial charge < -0.3 is 15.2 Å².